The SMILES string of the molecule is COc1ccccc1OCC(=O)Nc1ccc(NCCCc2ccccc2)nc1. The Morgan fingerprint density at radius 1 is 0.966 bits per heavy atom. The molecule has 0 atom stereocenters. The van der Waals surface area contributed by atoms with Gasteiger partial charge in [-0.15, -0.1) is 0 Å². The van der Waals surface area contributed by atoms with Gasteiger partial charge in [-0.3, -0.25) is 4.79 Å². The van der Waals surface area contributed by atoms with Gasteiger partial charge in [-0.05, 0) is 42.7 Å². The molecule has 0 aliphatic carbocycles. The quantitative estimate of drug-likeness (QED) is 0.508. The molecular weight excluding hydrogens is 366 g/mol. The fraction of sp³-hybridized carbons (Fsp3) is 0.217. The van der Waals surface area contributed by atoms with Crippen LogP contribution >= 0.6 is 0 Å². The van der Waals surface area contributed by atoms with Crippen molar-refractivity contribution in [1.29, 1.82) is 0 Å². The van der Waals surface area contributed by atoms with Gasteiger partial charge in [-0.2, -0.15) is 0 Å². The number of anilines is 2. The number of pyridine rings is 1. The number of ether oxygens (including phenoxy) is 2. The van der Waals surface area contributed by atoms with Gasteiger partial charge in [0, 0.05) is 6.54 Å². The molecule has 3 aromatic rings. The van der Waals surface area contributed by atoms with Crippen molar-refractivity contribution in [2.45, 2.75) is 12.8 Å². The summed E-state index contributed by atoms with van der Waals surface area (Å²) in [6, 6.07) is 21.3. The van der Waals surface area contributed by atoms with Gasteiger partial charge in [-0.25, -0.2) is 4.98 Å². The summed E-state index contributed by atoms with van der Waals surface area (Å²) in [6.07, 6.45) is 3.67. The molecule has 0 saturated heterocycles. The van der Waals surface area contributed by atoms with Crippen LogP contribution in [0.5, 0.6) is 11.5 Å². The number of nitrogens with zero attached hydrogens (tertiary/aromatic N) is 1. The molecule has 150 valence electrons. The summed E-state index contributed by atoms with van der Waals surface area (Å²) in [7, 11) is 1.56. The van der Waals surface area contributed by atoms with E-state index in [9.17, 15) is 4.79 Å². The van der Waals surface area contributed by atoms with Crippen molar-refractivity contribution < 1.29 is 14.3 Å². The van der Waals surface area contributed by atoms with Crippen LogP contribution in [0.1, 0.15) is 12.0 Å². The van der Waals surface area contributed by atoms with Gasteiger partial charge in [0.2, 0.25) is 0 Å². The van der Waals surface area contributed by atoms with E-state index in [0.29, 0.717) is 17.2 Å². The highest BCUT2D eigenvalue weighted by atomic mass is 16.5. The van der Waals surface area contributed by atoms with Crippen LogP contribution in [-0.2, 0) is 11.2 Å². The number of hydrogen-bond acceptors (Lipinski definition) is 5. The minimum Gasteiger partial charge on any atom is -0.493 e. The molecule has 0 spiro atoms. The molecular formula is C23H25N3O3. The van der Waals surface area contributed by atoms with Crippen LogP contribution in [0.25, 0.3) is 0 Å². The second kappa shape index (κ2) is 10.7. The molecule has 6 heteroatoms. The summed E-state index contributed by atoms with van der Waals surface area (Å²) in [6.45, 7) is 0.722. The molecule has 0 bridgehead atoms. The molecule has 0 fully saturated rings. The zero-order chi connectivity index (χ0) is 20.3. The Labute approximate surface area is 170 Å². The van der Waals surface area contributed by atoms with Gasteiger partial charge in [0.15, 0.2) is 18.1 Å². The first-order valence-electron chi connectivity index (χ1n) is 9.54. The molecule has 2 N–H and O–H groups in total. The second-order valence-electron chi connectivity index (χ2n) is 6.44. The maximum atomic E-state index is 12.1. The topological polar surface area (TPSA) is 72.5 Å². The lowest BCUT2D eigenvalue weighted by molar-refractivity contribution is -0.118. The fourth-order valence-electron chi connectivity index (χ4n) is 2.80. The van der Waals surface area contributed by atoms with Crippen LogP contribution in [0, 0.1) is 0 Å². The predicted molar refractivity (Wildman–Crippen MR) is 115 cm³/mol. The van der Waals surface area contributed by atoms with Gasteiger partial charge in [0.1, 0.15) is 5.82 Å². The number of amides is 1. The number of aromatic nitrogens is 1. The number of hydrogen-bond donors (Lipinski definition) is 2. The highest BCUT2D eigenvalue weighted by Crippen LogP contribution is 2.25. The number of methoxy groups -OCH3 is 1. The van der Waals surface area contributed by atoms with Crippen LogP contribution in [0.4, 0.5) is 11.5 Å². The lowest BCUT2D eigenvalue weighted by atomic mass is 10.1. The first-order chi connectivity index (χ1) is 14.2. The average molecular weight is 391 g/mol. The summed E-state index contributed by atoms with van der Waals surface area (Å²) in [5, 5.41) is 6.06. The van der Waals surface area contributed by atoms with E-state index >= 15 is 0 Å². The number of rotatable bonds is 10. The van der Waals surface area contributed by atoms with Crippen LogP contribution in [0.2, 0.25) is 0 Å². The molecule has 29 heavy (non-hydrogen) atoms. The normalized spacial score (nSPS) is 10.2. The van der Waals surface area contributed by atoms with Crippen molar-refractivity contribution in [2.24, 2.45) is 0 Å². The third-order valence-corrected chi connectivity index (χ3v) is 4.27. The van der Waals surface area contributed by atoms with E-state index in [-0.39, 0.29) is 12.5 Å². The van der Waals surface area contributed by atoms with Crippen LogP contribution in [-0.4, -0.2) is 31.2 Å². The number of para-hydroxylation sites is 2. The minimum atomic E-state index is -0.263. The molecule has 0 radical (unpaired) electrons. The zero-order valence-corrected chi connectivity index (χ0v) is 16.4. The van der Waals surface area contributed by atoms with E-state index in [1.165, 1.54) is 5.56 Å². The van der Waals surface area contributed by atoms with E-state index < -0.39 is 0 Å². The number of carbonyl (C=O) groups is 1. The van der Waals surface area contributed by atoms with E-state index in [1.807, 2.05) is 30.3 Å². The first kappa shape index (κ1) is 20.2. The summed E-state index contributed by atoms with van der Waals surface area (Å²) < 4.78 is 10.7. The molecule has 0 unspecified atom stereocenters. The third-order valence-electron chi connectivity index (χ3n) is 4.27. The molecule has 0 aliphatic heterocycles. The van der Waals surface area contributed by atoms with Crippen LogP contribution in [0.3, 0.4) is 0 Å². The lowest BCUT2D eigenvalue weighted by Crippen LogP contribution is -2.20. The monoisotopic (exact) mass is 391 g/mol. The standard InChI is InChI=1S/C23H25N3O3/c1-28-20-11-5-6-12-21(20)29-17-23(27)26-19-13-14-22(25-16-19)24-15-7-10-18-8-3-2-4-9-18/h2-6,8-9,11-14,16H,7,10,15,17H2,1H3,(H,24,25)(H,26,27). The average Bonchev–Trinajstić information content (AvgIpc) is 2.77. The molecule has 3 rings (SSSR count). The molecule has 0 aliphatic rings. The second-order valence-corrected chi connectivity index (χ2v) is 6.44. The van der Waals surface area contributed by atoms with E-state index in [4.69, 9.17) is 9.47 Å². The largest absolute Gasteiger partial charge is 0.493 e. The van der Waals surface area contributed by atoms with E-state index in [0.717, 1.165) is 25.2 Å². The maximum absolute atomic E-state index is 12.1. The Kier molecular flexibility index (Phi) is 7.46. The van der Waals surface area contributed by atoms with Crippen molar-refractivity contribution in [3.63, 3.8) is 0 Å². The van der Waals surface area contributed by atoms with Gasteiger partial charge in [0.25, 0.3) is 5.91 Å². The molecule has 1 amide bonds. The molecule has 1 heterocycles. The van der Waals surface area contributed by atoms with Crippen LogP contribution in [0.15, 0.2) is 72.9 Å². The highest BCUT2D eigenvalue weighted by Gasteiger charge is 2.07. The first-order valence-corrected chi connectivity index (χ1v) is 9.54. The summed E-state index contributed by atoms with van der Waals surface area (Å²) in [4.78, 5) is 16.4. The Bertz CT molecular complexity index is 899. The summed E-state index contributed by atoms with van der Waals surface area (Å²) >= 11 is 0. The number of benzene rings is 2. The molecule has 6 nitrogen and oxygen atoms in total. The van der Waals surface area contributed by atoms with Gasteiger partial charge in [0.05, 0.1) is 19.0 Å². The zero-order valence-electron chi connectivity index (χ0n) is 16.4. The highest BCUT2D eigenvalue weighted by molar-refractivity contribution is 5.91. The van der Waals surface area contributed by atoms with Crippen molar-refractivity contribution in [2.75, 3.05) is 30.9 Å². The molecule has 0 saturated carbocycles. The van der Waals surface area contributed by atoms with Crippen molar-refractivity contribution in [3.8, 4) is 11.5 Å². The number of aryl methyl sites for hydroxylation is 1. The van der Waals surface area contributed by atoms with Crippen molar-refractivity contribution >= 4 is 17.4 Å². The lowest BCUT2D eigenvalue weighted by Gasteiger charge is -2.11. The fourth-order valence-corrected chi connectivity index (χ4v) is 2.80. The van der Waals surface area contributed by atoms with E-state index in [1.54, 1.807) is 25.4 Å². The van der Waals surface area contributed by atoms with Gasteiger partial charge in [-0.1, -0.05) is 42.5 Å². The number of carbonyl (C=O) groups excluding carboxylic acids is 1. The summed E-state index contributed by atoms with van der Waals surface area (Å²) in [5.41, 5.74) is 1.95. The smallest absolute Gasteiger partial charge is 0.262 e. The summed E-state index contributed by atoms with van der Waals surface area (Å²) in [5.74, 6) is 1.63. The number of nitrogens with one attached hydrogen (secondary N) is 2. The molecule has 1 aromatic heterocycles. The Morgan fingerprint density at radius 2 is 1.72 bits per heavy atom. The molecule has 2 aromatic carbocycles. The minimum absolute atomic E-state index is 0.111. The van der Waals surface area contributed by atoms with Crippen molar-refractivity contribution in [1.82, 2.24) is 4.98 Å². The van der Waals surface area contributed by atoms with E-state index in [2.05, 4.69) is 39.9 Å². The van der Waals surface area contributed by atoms with Crippen molar-refractivity contribution in [3.05, 3.63) is 78.5 Å². The Balaban J connectivity index is 1.39. The Morgan fingerprint density at radius 3 is 2.45 bits per heavy atom. The Hall–Kier alpha value is -3.54. The van der Waals surface area contributed by atoms with Gasteiger partial charge >= 0.3 is 0 Å². The maximum Gasteiger partial charge on any atom is 0.262 e. The van der Waals surface area contributed by atoms with Crippen LogP contribution < -0.4 is 20.1 Å². The third kappa shape index (κ3) is 6.53. The predicted octanol–water partition coefficient (Wildman–Crippen LogP) is 4.15. The van der Waals surface area contributed by atoms with Gasteiger partial charge < -0.3 is 20.1 Å².